The highest BCUT2D eigenvalue weighted by molar-refractivity contribution is 7.25. The van der Waals surface area contributed by atoms with E-state index in [0.29, 0.717) is 0 Å². The van der Waals surface area contributed by atoms with Crippen LogP contribution in [0.3, 0.4) is 0 Å². The predicted octanol–water partition coefficient (Wildman–Crippen LogP) is 12.7. The Hall–Kier alpha value is -5.44. The van der Waals surface area contributed by atoms with E-state index in [-0.39, 0.29) is 0 Å². The fourth-order valence-electron chi connectivity index (χ4n) is 7.33. The van der Waals surface area contributed by atoms with Crippen LogP contribution in [0.15, 0.2) is 150 Å². The van der Waals surface area contributed by atoms with Gasteiger partial charge in [0.2, 0.25) is 0 Å². The molecule has 0 spiro atoms. The molecule has 10 aromatic rings. The van der Waals surface area contributed by atoms with E-state index >= 15 is 0 Å². The Labute approximate surface area is 257 Å². The van der Waals surface area contributed by atoms with E-state index in [9.17, 15) is 0 Å². The summed E-state index contributed by atoms with van der Waals surface area (Å²) in [5, 5.41) is 12.5. The number of thiophene rings is 1. The predicted molar refractivity (Wildman–Crippen MR) is 190 cm³/mol. The second-order valence-electron chi connectivity index (χ2n) is 11.6. The fraction of sp³-hybridized carbons (Fsp3) is 0. The van der Waals surface area contributed by atoms with Crippen molar-refractivity contribution in [2.45, 2.75) is 0 Å². The van der Waals surface area contributed by atoms with Crippen LogP contribution in [0, 0.1) is 0 Å². The summed E-state index contributed by atoms with van der Waals surface area (Å²) in [6.07, 6.45) is 0. The largest absolute Gasteiger partial charge is 0.456 e. The van der Waals surface area contributed by atoms with Crippen molar-refractivity contribution < 1.29 is 4.42 Å². The number of fused-ring (bicyclic) bond motifs is 10. The fourth-order valence-corrected chi connectivity index (χ4v) is 8.42. The van der Waals surface area contributed by atoms with E-state index in [1.54, 1.807) is 0 Å². The van der Waals surface area contributed by atoms with Crippen LogP contribution < -0.4 is 0 Å². The second-order valence-corrected chi connectivity index (χ2v) is 12.7. The van der Waals surface area contributed by atoms with Crippen LogP contribution in [0.2, 0.25) is 0 Å². The van der Waals surface area contributed by atoms with Gasteiger partial charge in [0.05, 0.1) is 0 Å². The Morgan fingerprint density at radius 2 is 0.886 bits per heavy atom. The number of benzene rings is 8. The van der Waals surface area contributed by atoms with Crippen molar-refractivity contribution in [1.82, 2.24) is 0 Å². The maximum atomic E-state index is 6.36. The third kappa shape index (κ3) is 3.35. The molecule has 8 aromatic carbocycles. The van der Waals surface area contributed by atoms with Gasteiger partial charge in [-0.05, 0) is 91.0 Å². The lowest BCUT2D eigenvalue weighted by Gasteiger charge is -2.18. The van der Waals surface area contributed by atoms with E-state index in [4.69, 9.17) is 4.42 Å². The van der Waals surface area contributed by atoms with E-state index in [0.717, 1.165) is 16.6 Å². The van der Waals surface area contributed by atoms with Crippen molar-refractivity contribution in [2.24, 2.45) is 0 Å². The Kier molecular flexibility index (Phi) is 4.94. The maximum absolute atomic E-state index is 6.36. The quantitative estimate of drug-likeness (QED) is 0.187. The van der Waals surface area contributed by atoms with Gasteiger partial charge in [0.1, 0.15) is 11.2 Å². The lowest BCUT2D eigenvalue weighted by Crippen LogP contribution is -1.90. The Morgan fingerprint density at radius 3 is 1.59 bits per heavy atom. The molecule has 0 aliphatic heterocycles. The Morgan fingerprint density at radius 1 is 0.364 bits per heavy atom. The van der Waals surface area contributed by atoms with Crippen molar-refractivity contribution in [3.8, 4) is 22.3 Å². The zero-order valence-corrected chi connectivity index (χ0v) is 24.5. The number of hydrogen-bond acceptors (Lipinski definition) is 2. The van der Waals surface area contributed by atoms with Crippen LogP contribution in [-0.4, -0.2) is 0 Å². The summed E-state index contributed by atoms with van der Waals surface area (Å²) in [4.78, 5) is 0. The molecule has 0 atom stereocenters. The van der Waals surface area contributed by atoms with E-state index in [2.05, 4.69) is 146 Å². The molecule has 2 heteroatoms. The highest BCUT2D eigenvalue weighted by Crippen LogP contribution is 2.46. The molecule has 0 saturated heterocycles. The van der Waals surface area contributed by atoms with Gasteiger partial charge in [-0.15, -0.1) is 11.3 Å². The van der Waals surface area contributed by atoms with Gasteiger partial charge in [0, 0.05) is 30.9 Å². The molecule has 10 rings (SSSR count). The lowest BCUT2D eigenvalue weighted by atomic mass is 9.85. The first-order chi connectivity index (χ1) is 21.8. The van der Waals surface area contributed by atoms with Gasteiger partial charge in [-0.25, -0.2) is 0 Å². The highest BCUT2D eigenvalue weighted by Gasteiger charge is 2.19. The maximum Gasteiger partial charge on any atom is 0.136 e. The third-order valence-electron chi connectivity index (χ3n) is 9.25. The second kappa shape index (κ2) is 9.03. The number of rotatable bonds is 2. The zero-order chi connectivity index (χ0) is 28.8. The molecule has 204 valence electrons. The van der Waals surface area contributed by atoms with E-state index in [1.165, 1.54) is 80.1 Å². The van der Waals surface area contributed by atoms with Crippen molar-refractivity contribution in [1.29, 1.82) is 0 Å². The van der Waals surface area contributed by atoms with Gasteiger partial charge in [-0.1, -0.05) is 109 Å². The highest BCUT2D eigenvalue weighted by atomic mass is 32.1. The topological polar surface area (TPSA) is 13.1 Å². The molecule has 0 saturated carbocycles. The lowest BCUT2D eigenvalue weighted by molar-refractivity contribution is 0.669. The van der Waals surface area contributed by atoms with E-state index in [1.807, 2.05) is 11.3 Å². The third-order valence-corrected chi connectivity index (χ3v) is 10.4. The minimum atomic E-state index is 0.918. The molecule has 0 unspecified atom stereocenters. The average molecular weight is 577 g/mol. The molecule has 0 aliphatic carbocycles. The first-order valence-corrected chi connectivity index (χ1v) is 15.8. The molecule has 0 radical (unpaired) electrons. The van der Waals surface area contributed by atoms with Crippen molar-refractivity contribution in [3.05, 3.63) is 146 Å². The molecule has 1 nitrogen and oxygen atoms in total. The molecule has 0 aliphatic rings. The summed E-state index contributed by atoms with van der Waals surface area (Å²) in [6, 6.07) is 53.1. The van der Waals surface area contributed by atoms with Crippen LogP contribution in [0.25, 0.3) is 96.7 Å². The van der Waals surface area contributed by atoms with Crippen LogP contribution in [0.5, 0.6) is 0 Å². The molecule has 0 N–H and O–H groups in total. The SMILES string of the molecule is c1ccc2c(c1)ccc1oc3ccc(-c4c5ccccc5c(-c5ccc6sc7ccccc7c6c5)c5ccccc45)cc3c12. The summed E-state index contributed by atoms with van der Waals surface area (Å²) in [6.45, 7) is 0. The molecule has 2 heterocycles. The zero-order valence-electron chi connectivity index (χ0n) is 23.7. The van der Waals surface area contributed by atoms with Gasteiger partial charge in [0.15, 0.2) is 0 Å². The van der Waals surface area contributed by atoms with Crippen molar-refractivity contribution in [3.63, 3.8) is 0 Å². The van der Waals surface area contributed by atoms with Crippen molar-refractivity contribution >= 4 is 85.8 Å². The molecule has 44 heavy (non-hydrogen) atoms. The summed E-state index contributed by atoms with van der Waals surface area (Å²) >= 11 is 1.87. The van der Waals surface area contributed by atoms with Gasteiger partial charge >= 0.3 is 0 Å². The monoisotopic (exact) mass is 576 g/mol. The van der Waals surface area contributed by atoms with Gasteiger partial charge < -0.3 is 4.42 Å². The molecule has 0 bridgehead atoms. The van der Waals surface area contributed by atoms with Crippen LogP contribution in [0.1, 0.15) is 0 Å². The van der Waals surface area contributed by atoms with Gasteiger partial charge in [0.25, 0.3) is 0 Å². The van der Waals surface area contributed by atoms with Crippen molar-refractivity contribution in [2.75, 3.05) is 0 Å². The normalized spacial score (nSPS) is 12.1. The van der Waals surface area contributed by atoms with Crippen LogP contribution in [0.4, 0.5) is 0 Å². The van der Waals surface area contributed by atoms with Crippen LogP contribution >= 0.6 is 11.3 Å². The minimum absolute atomic E-state index is 0.918. The Bertz CT molecular complexity index is 2720. The molecular weight excluding hydrogens is 553 g/mol. The first kappa shape index (κ1) is 24.0. The van der Waals surface area contributed by atoms with E-state index < -0.39 is 0 Å². The summed E-state index contributed by atoms with van der Waals surface area (Å²) in [5.41, 5.74) is 6.85. The first-order valence-electron chi connectivity index (χ1n) is 15.0. The number of furan rings is 1. The standard InChI is InChI=1S/C42H24OS/c1-2-10-28-25(9-1)17-21-37-42(28)35-24-26(18-20-36(35)43-37)40-30-12-3-5-14-32(30)41(33-15-6-4-13-31(33)40)27-19-22-39-34(23-27)29-11-7-8-16-38(29)44-39/h1-24H. The Balaban J connectivity index is 1.29. The van der Waals surface area contributed by atoms with Gasteiger partial charge in [-0.2, -0.15) is 0 Å². The molecule has 0 amide bonds. The summed E-state index contributed by atoms with van der Waals surface area (Å²) in [5.74, 6) is 0. The molecular formula is C42H24OS. The average Bonchev–Trinajstić information content (AvgIpc) is 3.65. The van der Waals surface area contributed by atoms with Gasteiger partial charge in [-0.3, -0.25) is 0 Å². The smallest absolute Gasteiger partial charge is 0.136 e. The molecule has 0 fully saturated rings. The van der Waals surface area contributed by atoms with Crippen LogP contribution in [-0.2, 0) is 0 Å². The summed E-state index contributed by atoms with van der Waals surface area (Å²) in [7, 11) is 0. The minimum Gasteiger partial charge on any atom is -0.456 e. The summed E-state index contributed by atoms with van der Waals surface area (Å²) < 4.78 is 9.02. The molecule has 2 aromatic heterocycles. The number of hydrogen-bond donors (Lipinski definition) is 0.